The molecule has 0 unspecified atom stereocenters. The van der Waals surface area contributed by atoms with Crippen LogP contribution in [0.3, 0.4) is 0 Å². The normalized spacial score (nSPS) is 11.1. The van der Waals surface area contributed by atoms with Gasteiger partial charge in [0, 0.05) is 6.54 Å². The van der Waals surface area contributed by atoms with Crippen molar-refractivity contribution in [2.24, 2.45) is 5.73 Å². The Labute approximate surface area is 152 Å². The minimum Gasteiger partial charge on any atom is -0.504 e. The van der Waals surface area contributed by atoms with E-state index in [1.165, 1.54) is 23.0 Å². The third-order valence-electron chi connectivity index (χ3n) is 4.44. The number of halogens is 2. The first kappa shape index (κ1) is 20.9. The van der Waals surface area contributed by atoms with Gasteiger partial charge in [0.1, 0.15) is 5.82 Å². The lowest BCUT2D eigenvalue weighted by Gasteiger charge is -2.31. The van der Waals surface area contributed by atoms with Gasteiger partial charge in [-0.3, -0.25) is 4.79 Å². The van der Waals surface area contributed by atoms with Crippen LogP contribution in [-0.2, 0) is 0 Å². The number of nitrogens with one attached hydrogen (secondary N) is 1. The summed E-state index contributed by atoms with van der Waals surface area (Å²) in [5.41, 5.74) is 6.40. The van der Waals surface area contributed by atoms with Gasteiger partial charge in [-0.05, 0) is 43.5 Å². The van der Waals surface area contributed by atoms with Crippen LogP contribution in [0.2, 0.25) is 0 Å². The molecule has 0 saturated heterocycles. The average Bonchev–Trinajstić information content (AvgIpc) is 2.94. The van der Waals surface area contributed by atoms with Gasteiger partial charge < -0.3 is 16.2 Å². The molecule has 1 aromatic heterocycles. The number of hydrogen-bond acceptors (Lipinski definition) is 4. The Morgan fingerprint density at radius 1 is 1.40 bits per heavy atom. The molecule has 0 aliphatic heterocycles. The van der Waals surface area contributed by atoms with E-state index in [1.807, 2.05) is 13.8 Å². The molecule has 8 heteroatoms. The molecule has 0 aliphatic rings. The quantitative estimate of drug-likeness (QED) is 0.728. The van der Waals surface area contributed by atoms with Gasteiger partial charge in [-0.2, -0.15) is 5.10 Å². The van der Waals surface area contributed by atoms with Gasteiger partial charge in [0.25, 0.3) is 5.91 Å². The van der Waals surface area contributed by atoms with Crippen molar-refractivity contribution in [3.8, 4) is 11.4 Å². The Kier molecular flexibility index (Phi) is 6.96. The van der Waals surface area contributed by atoms with Gasteiger partial charge in [-0.15, -0.1) is 12.4 Å². The summed E-state index contributed by atoms with van der Waals surface area (Å²) in [5, 5.41) is 17.1. The summed E-state index contributed by atoms with van der Waals surface area (Å²) < 4.78 is 14.6. The van der Waals surface area contributed by atoms with E-state index in [9.17, 15) is 14.3 Å². The first-order valence-corrected chi connectivity index (χ1v) is 7.93. The van der Waals surface area contributed by atoms with Crippen molar-refractivity contribution in [2.45, 2.75) is 39.2 Å². The molecule has 1 amide bonds. The Morgan fingerprint density at radius 2 is 2.04 bits per heavy atom. The minimum atomic E-state index is -0.529. The van der Waals surface area contributed by atoms with Crippen LogP contribution in [0.5, 0.6) is 5.75 Å². The highest BCUT2D eigenvalue weighted by Gasteiger charge is 2.29. The molecular weight excluding hydrogens is 347 g/mol. The monoisotopic (exact) mass is 370 g/mol. The number of hydrogen-bond donors (Lipinski definition) is 3. The minimum absolute atomic E-state index is 0. The highest BCUT2D eigenvalue weighted by atomic mass is 35.5. The van der Waals surface area contributed by atoms with Gasteiger partial charge in [0.15, 0.2) is 11.4 Å². The predicted octanol–water partition coefficient (Wildman–Crippen LogP) is 2.69. The Morgan fingerprint density at radius 3 is 2.56 bits per heavy atom. The van der Waals surface area contributed by atoms with Crippen molar-refractivity contribution in [1.82, 2.24) is 15.1 Å². The van der Waals surface area contributed by atoms with Gasteiger partial charge >= 0.3 is 0 Å². The van der Waals surface area contributed by atoms with E-state index in [1.54, 1.807) is 13.0 Å². The second-order valence-corrected chi connectivity index (χ2v) is 5.88. The molecule has 0 spiro atoms. The first-order valence-electron chi connectivity index (χ1n) is 7.93. The van der Waals surface area contributed by atoms with E-state index in [4.69, 9.17) is 5.73 Å². The van der Waals surface area contributed by atoms with Crippen LogP contribution in [-0.4, -0.2) is 32.9 Å². The summed E-state index contributed by atoms with van der Waals surface area (Å²) >= 11 is 0. The summed E-state index contributed by atoms with van der Waals surface area (Å²) in [6.45, 7) is 5.91. The highest BCUT2D eigenvalue weighted by Crippen LogP contribution is 2.22. The molecule has 1 aromatic carbocycles. The third-order valence-corrected chi connectivity index (χ3v) is 4.44. The highest BCUT2D eigenvalue weighted by molar-refractivity contribution is 5.95. The van der Waals surface area contributed by atoms with Crippen molar-refractivity contribution < 1.29 is 14.3 Å². The molecule has 2 aromatic rings. The summed E-state index contributed by atoms with van der Waals surface area (Å²) in [5.74, 6) is -1.08. The summed E-state index contributed by atoms with van der Waals surface area (Å²) in [6, 6.07) is 4.21. The molecule has 1 heterocycles. The number of aryl methyl sites for hydroxylation is 1. The van der Waals surface area contributed by atoms with E-state index < -0.39 is 11.4 Å². The van der Waals surface area contributed by atoms with Crippen LogP contribution in [0.15, 0.2) is 24.4 Å². The topological polar surface area (TPSA) is 93.2 Å². The number of aromatic nitrogens is 2. The summed E-state index contributed by atoms with van der Waals surface area (Å²) in [6.07, 6.45) is 2.67. The Hall–Kier alpha value is -2.12. The lowest BCUT2D eigenvalue weighted by Crippen LogP contribution is -2.53. The smallest absolute Gasteiger partial charge is 0.276 e. The molecule has 0 saturated carbocycles. The molecule has 0 fully saturated rings. The number of carbonyl (C=O) groups excluding carboxylic acids is 1. The maximum atomic E-state index is 13.2. The van der Waals surface area contributed by atoms with E-state index in [-0.39, 0.29) is 29.7 Å². The Balaban J connectivity index is 0.00000312. The van der Waals surface area contributed by atoms with E-state index >= 15 is 0 Å². The van der Waals surface area contributed by atoms with Crippen LogP contribution >= 0.6 is 12.4 Å². The number of nitrogens with two attached hydrogens (primary N) is 1. The number of amides is 1. The fraction of sp³-hybridized carbons (Fsp3) is 0.412. The molecule has 0 radical (unpaired) electrons. The van der Waals surface area contributed by atoms with Gasteiger partial charge in [-0.25, -0.2) is 9.07 Å². The summed E-state index contributed by atoms with van der Waals surface area (Å²) in [7, 11) is 0. The fourth-order valence-electron chi connectivity index (χ4n) is 2.59. The molecular formula is C17H24ClFN4O2. The maximum Gasteiger partial charge on any atom is 0.276 e. The zero-order valence-corrected chi connectivity index (χ0v) is 15.4. The molecule has 0 atom stereocenters. The van der Waals surface area contributed by atoms with Gasteiger partial charge in [0.2, 0.25) is 0 Å². The zero-order chi connectivity index (χ0) is 17.9. The number of rotatable bonds is 6. The maximum absolute atomic E-state index is 13.2. The third kappa shape index (κ3) is 4.29. The molecule has 6 nitrogen and oxygen atoms in total. The zero-order valence-electron chi connectivity index (χ0n) is 14.5. The van der Waals surface area contributed by atoms with Crippen LogP contribution < -0.4 is 11.1 Å². The number of aromatic hydroxyl groups is 1. The molecule has 0 aliphatic carbocycles. The largest absolute Gasteiger partial charge is 0.504 e. The molecule has 25 heavy (non-hydrogen) atoms. The van der Waals surface area contributed by atoms with Crippen LogP contribution in [0, 0.1) is 12.7 Å². The van der Waals surface area contributed by atoms with Gasteiger partial charge in [0.05, 0.1) is 17.4 Å². The van der Waals surface area contributed by atoms with E-state index in [2.05, 4.69) is 10.4 Å². The molecule has 138 valence electrons. The van der Waals surface area contributed by atoms with Crippen LogP contribution in [0.4, 0.5) is 4.39 Å². The van der Waals surface area contributed by atoms with Crippen LogP contribution in [0.1, 0.15) is 42.7 Å². The van der Waals surface area contributed by atoms with Crippen molar-refractivity contribution in [2.75, 3.05) is 6.54 Å². The average molecular weight is 371 g/mol. The predicted molar refractivity (Wildman–Crippen MR) is 97.0 cm³/mol. The lowest BCUT2D eigenvalue weighted by molar-refractivity contribution is 0.0887. The van der Waals surface area contributed by atoms with Gasteiger partial charge in [-0.1, -0.05) is 13.8 Å². The number of benzene rings is 1. The van der Waals surface area contributed by atoms with Crippen molar-refractivity contribution in [1.29, 1.82) is 0 Å². The first-order chi connectivity index (χ1) is 11.4. The lowest BCUT2D eigenvalue weighted by atomic mass is 9.93. The standard InChI is InChI=1S/C17H23FN4O2.ClH/c1-4-17(5-2,10-19)20-16(24)15-14(23)9-22(21-15)13-7-6-12(18)8-11(13)3;/h6-9,23H,4-5,10,19H2,1-3H3,(H,20,24);1H. The van der Waals surface area contributed by atoms with Crippen molar-refractivity contribution >= 4 is 18.3 Å². The second-order valence-electron chi connectivity index (χ2n) is 5.88. The fourth-order valence-corrected chi connectivity index (χ4v) is 2.59. The second kappa shape index (κ2) is 8.31. The van der Waals surface area contributed by atoms with Crippen molar-refractivity contribution in [3.63, 3.8) is 0 Å². The van der Waals surface area contributed by atoms with Crippen molar-refractivity contribution in [3.05, 3.63) is 41.5 Å². The molecule has 4 N–H and O–H groups in total. The van der Waals surface area contributed by atoms with E-state index in [0.717, 1.165) is 0 Å². The number of carbonyl (C=O) groups is 1. The number of nitrogens with zero attached hydrogens (tertiary/aromatic N) is 2. The summed E-state index contributed by atoms with van der Waals surface area (Å²) in [4.78, 5) is 12.5. The SMILES string of the molecule is CCC(CC)(CN)NC(=O)c1nn(-c2ccc(F)cc2C)cc1O.Cl. The molecule has 2 rings (SSSR count). The Bertz CT molecular complexity index is 736. The van der Waals surface area contributed by atoms with Crippen LogP contribution in [0.25, 0.3) is 5.69 Å². The molecule has 0 bridgehead atoms. The van der Waals surface area contributed by atoms with E-state index in [0.29, 0.717) is 30.6 Å².